The molecule has 0 radical (unpaired) electrons. The number of methoxy groups -OCH3 is 2. The fourth-order valence-electron chi connectivity index (χ4n) is 1.48. The first-order chi connectivity index (χ1) is 8.17. The lowest BCUT2D eigenvalue weighted by atomic mass is 10.2. The van der Waals surface area contributed by atoms with Crippen LogP contribution in [0.4, 0.5) is 5.69 Å². The van der Waals surface area contributed by atoms with E-state index >= 15 is 0 Å². The molecule has 1 aromatic rings. The fourth-order valence-corrected chi connectivity index (χ4v) is 1.59. The van der Waals surface area contributed by atoms with E-state index in [1.54, 1.807) is 20.3 Å². The Labute approximate surface area is 107 Å². The van der Waals surface area contributed by atoms with Crippen LogP contribution >= 0.6 is 11.6 Å². The van der Waals surface area contributed by atoms with Gasteiger partial charge < -0.3 is 20.5 Å². The van der Waals surface area contributed by atoms with Crippen molar-refractivity contribution in [1.82, 2.24) is 5.32 Å². The molecule has 0 aromatic heterocycles. The van der Waals surface area contributed by atoms with Crippen molar-refractivity contribution in [1.29, 1.82) is 0 Å². The summed E-state index contributed by atoms with van der Waals surface area (Å²) in [4.78, 5) is 0. The molecule has 1 unspecified atom stereocenters. The number of hydrogen-bond acceptors (Lipinski definition) is 4. The van der Waals surface area contributed by atoms with E-state index in [0.29, 0.717) is 17.3 Å². The van der Waals surface area contributed by atoms with Gasteiger partial charge in [0.15, 0.2) is 0 Å². The standard InChI is InChI=1S/C12H19ClN2O2/c1-16-8-10(17-2)7-15-6-9-3-4-11(13)12(14)5-9/h3-5,10,15H,6-8,14H2,1-2H3. The smallest absolute Gasteiger partial charge is 0.0928 e. The number of halogens is 1. The molecule has 0 amide bonds. The molecular formula is C12H19ClN2O2. The maximum Gasteiger partial charge on any atom is 0.0928 e. The monoisotopic (exact) mass is 258 g/mol. The second-order valence-electron chi connectivity index (χ2n) is 3.80. The third-order valence-electron chi connectivity index (χ3n) is 2.45. The van der Waals surface area contributed by atoms with E-state index in [9.17, 15) is 0 Å². The van der Waals surface area contributed by atoms with Crippen molar-refractivity contribution < 1.29 is 9.47 Å². The second kappa shape index (κ2) is 7.50. The van der Waals surface area contributed by atoms with E-state index in [1.807, 2.05) is 12.1 Å². The number of nitrogens with two attached hydrogens (primary N) is 1. The third kappa shape index (κ3) is 4.91. The summed E-state index contributed by atoms with van der Waals surface area (Å²) < 4.78 is 10.3. The highest BCUT2D eigenvalue weighted by Crippen LogP contribution is 2.19. The van der Waals surface area contributed by atoms with Gasteiger partial charge in [-0.25, -0.2) is 0 Å². The quantitative estimate of drug-likeness (QED) is 0.731. The molecule has 96 valence electrons. The van der Waals surface area contributed by atoms with Crippen molar-refractivity contribution >= 4 is 17.3 Å². The topological polar surface area (TPSA) is 56.5 Å². The molecule has 1 aromatic carbocycles. The van der Waals surface area contributed by atoms with E-state index in [4.69, 9.17) is 26.8 Å². The van der Waals surface area contributed by atoms with Crippen molar-refractivity contribution in [3.63, 3.8) is 0 Å². The summed E-state index contributed by atoms with van der Waals surface area (Å²) in [5, 5.41) is 3.87. The highest BCUT2D eigenvalue weighted by Gasteiger charge is 2.06. The number of nitrogens with one attached hydrogen (secondary N) is 1. The van der Waals surface area contributed by atoms with Gasteiger partial charge in [0.2, 0.25) is 0 Å². The van der Waals surface area contributed by atoms with Gasteiger partial charge in [-0.2, -0.15) is 0 Å². The largest absolute Gasteiger partial charge is 0.398 e. The Balaban J connectivity index is 2.37. The molecule has 0 heterocycles. The Morgan fingerprint density at radius 2 is 2.18 bits per heavy atom. The van der Waals surface area contributed by atoms with E-state index in [-0.39, 0.29) is 6.10 Å². The lowest BCUT2D eigenvalue weighted by molar-refractivity contribution is 0.0288. The zero-order valence-electron chi connectivity index (χ0n) is 10.2. The van der Waals surface area contributed by atoms with Gasteiger partial charge in [0, 0.05) is 27.3 Å². The molecule has 0 saturated heterocycles. The minimum absolute atomic E-state index is 0.0599. The molecule has 0 saturated carbocycles. The van der Waals surface area contributed by atoms with Crippen molar-refractivity contribution in [2.75, 3.05) is 33.1 Å². The highest BCUT2D eigenvalue weighted by atomic mass is 35.5. The van der Waals surface area contributed by atoms with Crippen molar-refractivity contribution in [2.24, 2.45) is 0 Å². The Kier molecular flexibility index (Phi) is 6.29. The Hall–Kier alpha value is -0.810. The molecule has 17 heavy (non-hydrogen) atoms. The van der Waals surface area contributed by atoms with Gasteiger partial charge in [-0.05, 0) is 17.7 Å². The van der Waals surface area contributed by atoms with Crippen molar-refractivity contribution in [3.8, 4) is 0 Å². The number of benzene rings is 1. The molecule has 1 rings (SSSR count). The molecule has 0 fully saturated rings. The van der Waals surface area contributed by atoms with Crippen LogP contribution in [0.15, 0.2) is 18.2 Å². The van der Waals surface area contributed by atoms with Crippen molar-refractivity contribution in [2.45, 2.75) is 12.6 Å². The summed E-state index contributed by atoms with van der Waals surface area (Å²) >= 11 is 5.85. The van der Waals surface area contributed by atoms with E-state index in [0.717, 1.165) is 18.7 Å². The minimum atomic E-state index is 0.0599. The summed E-state index contributed by atoms with van der Waals surface area (Å²) in [6.45, 7) is 2.03. The Morgan fingerprint density at radius 1 is 1.41 bits per heavy atom. The SMILES string of the molecule is COCC(CNCc1ccc(Cl)c(N)c1)OC. The van der Waals surface area contributed by atoms with Gasteiger partial charge >= 0.3 is 0 Å². The number of anilines is 1. The first kappa shape index (κ1) is 14.3. The van der Waals surface area contributed by atoms with Crippen LogP contribution in [0, 0.1) is 0 Å². The molecule has 5 heteroatoms. The molecule has 4 nitrogen and oxygen atoms in total. The van der Waals surface area contributed by atoms with Gasteiger partial charge in [0.1, 0.15) is 0 Å². The molecule has 0 spiro atoms. The number of nitrogen functional groups attached to an aromatic ring is 1. The van der Waals surface area contributed by atoms with Crippen LogP contribution in [0.2, 0.25) is 5.02 Å². The normalized spacial score (nSPS) is 12.6. The first-order valence-corrected chi connectivity index (χ1v) is 5.81. The zero-order valence-corrected chi connectivity index (χ0v) is 11.0. The molecule has 0 aliphatic carbocycles. The summed E-state index contributed by atoms with van der Waals surface area (Å²) in [5.41, 5.74) is 7.42. The van der Waals surface area contributed by atoms with Crippen LogP contribution in [0.25, 0.3) is 0 Å². The van der Waals surface area contributed by atoms with Gasteiger partial charge in [-0.15, -0.1) is 0 Å². The highest BCUT2D eigenvalue weighted by molar-refractivity contribution is 6.33. The van der Waals surface area contributed by atoms with Crippen LogP contribution in [-0.4, -0.2) is 33.5 Å². The average molecular weight is 259 g/mol. The summed E-state index contributed by atoms with van der Waals surface area (Å²) in [6, 6.07) is 5.62. The predicted octanol–water partition coefficient (Wildman–Crippen LogP) is 1.67. The van der Waals surface area contributed by atoms with E-state index in [2.05, 4.69) is 5.32 Å². The van der Waals surface area contributed by atoms with Crippen LogP contribution in [0.3, 0.4) is 0 Å². The Bertz CT molecular complexity index is 347. The summed E-state index contributed by atoms with van der Waals surface area (Å²) in [7, 11) is 3.33. The van der Waals surface area contributed by atoms with Crippen molar-refractivity contribution in [3.05, 3.63) is 28.8 Å². The zero-order chi connectivity index (χ0) is 12.7. The van der Waals surface area contributed by atoms with Gasteiger partial charge in [0.25, 0.3) is 0 Å². The lowest BCUT2D eigenvalue weighted by Crippen LogP contribution is -2.31. The second-order valence-corrected chi connectivity index (χ2v) is 4.21. The van der Waals surface area contributed by atoms with Crippen LogP contribution in [-0.2, 0) is 16.0 Å². The van der Waals surface area contributed by atoms with Gasteiger partial charge in [0.05, 0.1) is 23.4 Å². The number of ether oxygens (including phenoxy) is 2. The maximum absolute atomic E-state index is 5.85. The lowest BCUT2D eigenvalue weighted by Gasteiger charge is -2.15. The van der Waals surface area contributed by atoms with Crippen LogP contribution in [0.1, 0.15) is 5.56 Å². The molecule has 0 bridgehead atoms. The predicted molar refractivity (Wildman–Crippen MR) is 70.2 cm³/mol. The maximum atomic E-state index is 5.85. The first-order valence-electron chi connectivity index (χ1n) is 5.43. The van der Waals surface area contributed by atoms with Crippen LogP contribution in [0.5, 0.6) is 0 Å². The van der Waals surface area contributed by atoms with E-state index in [1.165, 1.54) is 0 Å². The Morgan fingerprint density at radius 3 is 2.76 bits per heavy atom. The van der Waals surface area contributed by atoms with Gasteiger partial charge in [-0.3, -0.25) is 0 Å². The summed E-state index contributed by atoms with van der Waals surface area (Å²) in [6.07, 6.45) is 0.0599. The fraction of sp³-hybridized carbons (Fsp3) is 0.500. The van der Waals surface area contributed by atoms with E-state index < -0.39 is 0 Å². The average Bonchev–Trinajstić information content (AvgIpc) is 2.32. The van der Waals surface area contributed by atoms with Gasteiger partial charge in [-0.1, -0.05) is 17.7 Å². The molecule has 1 atom stereocenters. The summed E-state index contributed by atoms with van der Waals surface area (Å²) in [5.74, 6) is 0. The molecular weight excluding hydrogens is 240 g/mol. The molecule has 3 N–H and O–H groups in total. The molecule has 0 aliphatic rings. The number of hydrogen-bond donors (Lipinski definition) is 2. The number of rotatable bonds is 7. The minimum Gasteiger partial charge on any atom is -0.398 e. The third-order valence-corrected chi connectivity index (χ3v) is 2.79. The molecule has 0 aliphatic heterocycles. The van der Waals surface area contributed by atoms with Crippen LogP contribution < -0.4 is 11.1 Å².